The van der Waals surface area contributed by atoms with Crippen LogP contribution >= 0.6 is 0 Å². The monoisotopic (exact) mass is 184 g/mol. The van der Waals surface area contributed by atoms with E-state index in [9.17, 15) is 0 Å². The molecule has 0 spiro atoms. The molecule has 0 heterocycles. The van der Waals surface area contributed by atoms with Crippen molar-refractivity contribution in [2.75, 3.05) is 13.2 Å². The molecule has 0 amide bonds. The van der Waals surface area contributed by atoms with Crippen molar-refractivity contribution in [3.8, 4) is 6.07 Å². The van der Waals surface area contributed by atoms with E-state index in [1.807, 2.05) is 13.8 Å². The van der Waals surface area contributed by atoms with Gasteiger partial charge >= 0.3 is 0 Å². The standard InChI is InChI=1S/C10H20N2O/c1-3-10(7-11)12-6-4-5-9(2)8-13/h9-10,12-13H,3-6,8H2,1-2H3. The molecule has 0 aromatic heterocycles. The summed E-state index contributed by atoms with van der Waals surface area (Å²) in [6.45, 7) is 5.16. The molecule has 0 bridgehead atoms. The molecule has 3 heteroatoms. The molecule has 0 radical (unpaired) electrons. The Hall–Kier alpha value is -0.590. The summed E-state index contributed by atoms with van der Waals surface area (Å²) in [5.41, 5.74) is 0. The number of nitrogens with zero attached hydrogens (tertiary/aromatic N) is 1. The fourth-order valence-corrected chi connectivity index (χ4v) is 1.10. The summed E-state index contributed by atoms with van der Waals surface area (Å²) in [6.07, 6.45) is 2.90. The minimum atomic E-state index is -0.00978. The Labute approximate surface area is 80.8 Å². The van der Waals surface area contributed by atoms with Gasteiger partial charge in [0.2, 0.25) is 0 Å². The Morgan fingerprint density at radius 2 is 2.23 bits per heavy atom. The zero-order chi connectivity index (χ0) is 10.1. The van der Waals surface area contributed by atoms with Crippen LogP contribution in [0.1, 0.15) is 33.1 Å². The maximum Gasteiger partial charge on any atom is 0.0950 e. The van der Waals surface area contributed by atoms with E-state index in [1.165, 1.54) is 0 Å². The lowest BCUT2D eigenvalue weighted by atomic mass is 10.1. The van der Waals surface area contributed by atoms with Crippen molar-refractivity contribution in [1.82, 2.24) is 5.32 Å². The van der Waals surface area contributed by atoms with Crippen LogP contribution in [-0.4, -0.2) is 24.3 Å². The maximum absolute atomic E-state index is 8.76. The van der Waals surface area contributed by atoms with Gasteiger partial charge in [-0.05, 0) is 31.7 Å². The maximum atomic E-state index is 8.76. The highest BCUT2D eigenvalue weighted by Crippen LogP contribution is 2.02. The molecule has 0 aromatic carbocycles. The van der Waals surface area contributed by atoms with Gasteiger partial charge in [-0.3, -0.25) is 0 Å². The van der Waals surface area contributed by atoms with Crippen molar-refractivity contribution < 1.29 is 5.11 Å². The summed E-state index contributed by atoms with van der Waals surface area (Å²) in [5, 5.41) is 20.5. The van der Waals surface area contributed by atoms with Crippen molar-refractivity contribution in [1.29, 1.82) is 5.26 Å². The van der Waals surface area contributed by atoms with Crippen LogP contribution in [0.2, 0.25) is 0 Å². The Bertz CT molecular complexity index is 153. The fraction of sp³-hybridized carbons (Fsp3) is 0.900. The molecule has 0 fully saturated rings. The second kappa shape index (κ2) is 8.03. The van der Waals surface area contributed by atoms with E-state index >= 15 is 0 Å². The third kappa shape index (κ3) is 6.56. The summed E-state index contributed by atoms with van der Waals surface area (Å²) in [4.78, 5) is 0. The van der Waals surface area contributed by atoms with E-state index in [1.54, 1.807) is 0 Å². The molecule has 0 aromatic rings. The average Bonchev–Trinajstić information content (AvgIpc) is 2.18. The molecule has 0 aliphatic carbocycles. The van der Waals surface area contributed by atoms with Crippen molar-refractivity contribution in [3.63, 3.8) is 0 Å². The smallest absolute Gasteiger partial charge is 0.0950 e. The van der Waals surface area contributed by atoms with E-state index in [-0.39, 0.29) is 12.6 Å². The summed E-state index contributed by atoms with van der Waals surface area (Å²) in [6, 6.07) is 2.18. The zero-order valence-electron chi connectivity index (χ0n) is 8.58. The van der Waals surface area contributed by atoms with Crippen LogP contribution in [0.4, 0.5) is 0 Å². The van der Waals surface area contributed by atoms with Gasteiger partial charge < -0.3 is 10.4 Å². The fourth-order valence-electron chi connectivity index (χ4n) is 1.10. The van der Waals surface area contributed by atoms with Crippen molar-refractivity contribution in [2.24, 2.45) is 5.92 Å². The molecule has 0 saturated heterocycles. The predicted octanol–water partition coefficient (Wildman–Crippen LogP) is 1.29. The van der Waals surface area contributed by atoms with E-state index in [0.29, 0.717) is 5.92 Å². The number of hydrogen-bond donors (Lipinski definition) is 2. The highest BCUT2D eigenvalue weighted by atomic mass is 16.3. The van der Waals surface area contributed by atoms with Gasteiger partial charge in [0.05, 0.1) is 12.1 Å². The Morgan fingerprint density at radius 3 is 2.69 bits per heavy atom. The zero-order valence-corrected chi connectivity index (χ0v) is 8.58. The van der Waals surface area contributed by atoms with E-state index in [4.69, 9.17) is 10.4 Å². The first kappa shape index (κ1) is 12.4. The van der Waals surface area contributed by atoms with Gasteiger partial charge in [0.15, 0.2) is 0 Å². The Kier molecular flexibility index (Phi) is 7.66. The molecule has 0 rings (SSSR count). The van der Waals surface area contributed by atoms with Crippen LogP contribution in [0.15, 0.2) is 0 Å². The van der Waals surface area contributed by atoms with E-state index in [0.717, 1.165) is 25.8 Å². The van der Waals surface area contributed by atoms with Gasteiger partial charge in [-0.2, -0.15) is 5.26 Å². The van der Waals surface area contributed by atoms with Crippen LogP contribution < -0.4 is 5.32 Å². The Balaban J connectivity index is 3.30. The number of rotatable bonds is 7. The average molecular weight is 184 g/mol. The molecule has 3 nitrogen and oxygen atoms in total. The third-order valence-electron chi connectivity index (χ3n) is 2.14. The second-order valence-corrected chi connectivity index (χ2v) is 3.47. The largest absolute Gasteiger partial charge is 0.396 e. The molecule has 2 unspecified atom stereocenters. The van der Waals surface area contributed by atoms with Gasteiger partial charge in [0.25, 0.3) is 0 Å². The van der Waals surface area contributed by atoms with Crippen molar-refractivity contribution >= 4 is 0 Å². The second-order valence-electron chi connectivity index (χ2n) is 3.47. The highest BCUT2D eigenvalue weighted by Gasteiger charge is 2.03. The topological polar surface area (TPSA) is 56.0 Å². The van der Waals surface area contributed by atoms with Gasteiger partial charge in [-0.15, -0.1) is 0 Å². The third-order valence-corrected chi connectivity index (χ3v) is 2.14. The quantitative estimate of drug-likeness (QED) is 0.586. The first-order chi connectivity index (χ1) is 6.24. The molecule has 0 saturated carbocycles. The molecule has 76 valence electrons. The number of aliphatic hydroxyl groups excluding tert-OH is 1. The molecule has 0 aliphatic heterocycles. The van der Waals surface area contributed by atoms with Crippen molar-refractivity contribution in [3.05, 3.63) is 0 Å². The number of aliphatic hydroxyl groups is 1. The molecule has 2 N–H and O–H groups in total. The van der Waals surface area contributed by atoms with E-state index in [2.05, 4.69) is 11.4 Å². The molecule has 2 atom stereocenters. The molecule has 13 heavy (non-hydrogen) atoms. The summed E-state index contributed by atoms with van der Waals surface area (Å²) in [7, 11) is 0. The minimum absolute atomic E-state index is 0.00978. The van der Waals surface area contributed by atoms with Gasteiger partial charge in [-0.1, -0.05) is 13.8 Å². The predicted molar refractivity (Wildman–Crippen MR) is 53.2 cm³/mol. The highest BCUT2D eigenvalue weighted by molar-refractivity contribution is 4.87. The minimum Gasteiger partial charge on any atom is -0.396 e. The van der Waals surface area contributed by atoms with Gasteiger partial charge in [-0.25, -0.2) is 0 Å². The number of hydrogen-bond acceptors (Lipinski definition) is 3. The molecular weight excluding hydrogens is 164 g/mol. The first-order valence-electron chi connectivity index (χ1n) is 4.98. The molecule has 0 aliphatic rings. The lowest BCUT2D eigenvalue weighted by molar-refractivity contribution is 0.228. The van der Waals surface area contributed by atoms with Crippen LogP contribution in [0.25, 0.3) is 0 Å². The molecular formula is C10H20N2O. The number of nitriles is 1. The van der Waals surface area contributed by atoms with Gasteiger partial charge in [0.1, 0.15) is 0 Å². The normalized spacial score (nSPS) is 14.9. The van der Waals surface area contributed by atoms with Crippen LogP contribution in [0.3, 0.4) is 0 Å². The van der Waals surface area contributed by atoms with E-state index < -0.39 is 0 Å². The first-order valence-corrected chi connectivity index (χ1v) is 4.98. The van der Waals surface area contributed by atoms with Crippen LogP contribution in [0.5, 0.6) is 0 Å². The van der Waals surface area contributed by atoms with Crippen molar-refractivity contribution in [2.45, 2.75) is 39.2 Å². The van der Waals surface area contributed by atoms with Crippen LogP contribution in [-0.2, 0) is 0 Å². The lowest BCUT2D eigenvalue weighted by Crippen LogP contribution is -2.27. The SMILES string of the molecule is CCC(C#N)NCCCC(C)CO. The summed E-state index contributed by atoms with van der Waals surface area (Å²) < 4.78 is 0. The Morgan fingerprint density at radius 1 is 1.54 bits per heavy atom. The summed E-state index contributed by atoms with van der Waals surface area (Å²) in [5.74, 6) is 0.379. The summed E-state index contributed by atoms with van der Waals surface area (Å²) >= 11 is 0. The van der Waals surface area contributed by atoms with Crippen LogP contribution in [0, 0.1) is 17.2 Å². The van der Waals surface area contributed by atoms with Gasteiger partial charge in [0, 0.05) is 6.61 Å². The lowest BCUT2D eigenvalue weighted by Gasteiger charge is -2.10. The number of nitrogens with one attached hydrogen (secondary N) is 1.